The molecule has 1 aliphatic rings. The summed E-state index contributed by atoms with van der Waals surface area (Å²) in [6.45, 7) is 0. The zero-order chi connectivity index (χ0) is 12.6. The fourth-order valence-corrected chi connectivity index (χ4v) is 2.35. The zero-order valence-corrected chi connectivity index (χ0v) is 10.5. The third-order valence-electron chi connectivity index (χ3n) is 2.77. The molecule has 0 saturated heterocycles. The number of anilines is 1. The van der Waals surface area contributed by atoms with Crippen LogP contribution in [-0.2, 0) is 6.18 Å². The first-order valence-corrected chi connectivity index (χ1v) is 6.04. The highest BCUT2D eigenvalue weighted by Crippen LogP contribution is 2.34. The summed E-state index contributed by atoms with van der Waals surface area (Å²) in [5, 5.41) is 3.05. The average molecular weight is 309 g/mol. The quantitative estimate of drug-likeness (QED) is 0.879. The summed E-state index contributed by atoms with van der Waals surface area (Å²) in [5.74, 6) is 0. The van der Waals surface area contributed by atoms with Crippen LogP contribution in [0.5, 0.6) is 0 Å². The van der Waals surface area contributed by atoms with Crippen LogP contribution in [0.2, 0.25) is 0 Å². The number of alkyl halides is 3. The molecule has 0 heterocycles. The molecular weight excluding hydrogens is 297 g/mol. The van der Waals surface area contributed by atoms with Gasteiger partial charge in [0.25, 0.3) is 0 Å². The van der Waals surface area contributed by atoms with E-state index >= 15 is 0 Å². The molecule has 0 unspecified atom stereocenters. The first-order chi connectivity index (χ1) is 7.84. The van der Waals surface area contributed by atoms with E-state index in [0.717, 1.165) is 25.0 Å². The van der Waals surface area contributed by atoms with Crippen molar-refractivity contribution < 1.29 is 13.2 Å². The van der Waals surface area contributed by atoms with Gasteiger partial charge in [-0.3, -0.25) is 0 Å². The molecule has 0 bridgehead atoms. The molecule has 0 aromatic heterocycles. The second kappa shape index (κ2) is 4.49. The van der Waals surface area contributed by atoms with Gasteiger partial charge in [0.05, 0.1) is 5.56 Å². The average Bonchev–Trinajstić information content (AvgIpc) is 2.13. The van der Waals surface area contributed by atoms with Gasteiger partial charge in [0, 0.05) is 22.2 Å². The molecule has 1 aromatic carbocycles. The summed E-state index contributed by atoms with van der Waals surface area (Å²) in [6, 6.07) is 4.17. The van der Waals surface area contributed by atoms with E-state index in [2.05, 4.69) is 21.2 Å². The van der Waals surface area contributed by atoms with Crippen LogP contribution in [0.15, 0.2) is 22.7 Å². The number of hydrogen-bond acceptors (Lipinski definition) is 2. The van der Waals surface area contributed by atoms with Gasteiger partial charge in [0.1, 0.15) is 0 Å². The van der Waals surface area contributed by atoms with Gasteiger partial charge in [-0.2, -0.15) is 13.2 Å². The maximum atomic E-state index is 12.6. The predicted octanol–water partition coefficient (Wildman–Crippen LogP) is 3.37. The van der Waals surface area contributed by atoms with Crippen molar-refractivity contribution in [3.63, 3.8) is 0 Å². The van der Waals surface area contributed by atoms with Gasteiger partial charge in [-0.15, -0.1) is 0 Å². The van der Waals surface area contributed by atoms with Crippen molar-refractivity contribution in [3.05, 3.63) is 28.2 Å². The number of benzene rings is 1. The Morgan fingerprint density at radius 1 is 1.24 bits per heavy atom. The fraction of sp³-hybridized carbons (Fsp3) is 0.455. The van der Waals surface area contributed by atoms with E-state index in [4.69, 9.17) is 5.73 Å². The first kappa shape index (κ1) is 12.7. The summed E-state index contributed by atoms with van der Waals surface area (Å²) in [5.41, 5.74) is 5.44. The third-order valence-corrected chi connectivity index (χ3v) is 3.23. The van der Waals surface area contributed by atoms with E-state index in [1.54, 1.807) is 6.07 Å². The van der Waals surface area contributed by atoms with E-state index in [-0.39, 0.29) is 12.1 Å². The van der Waals surface area contributed by atoms with Crippen molar-refractivity contribution in [2.45, 2.75) is 31.1 Å². The van der Waals surface area contributed by atoms with Gasteiger partial charge in [0.15, 0.2) is 0 Å². The van der Waals surface area contributed by atoms with Gasteiger partial charge in [-0.1, -0.05) is 15.9 Å². The number of nitrogens with two attached hydrogens (primary N) is 1. The maximum Gasteiger partial charge on any atom is 0.416 e. The van der Waals surface area contributed by atoms with Gasteiger partial charge in [-0.05, 0) is 31.0 Å². The van der Waals surface area contributed by atoms with Crippen molar-refractivity contribution in [2.75, 3.05) is 5.32 Å². The van der Waals surface area contributed by atoms with E-state index in [9.17, 15) is 13.2 Å². The number of rotatable bonds is 2. The van der Waals surface area contributed by atoms with Crippen molar-refractivity contribution >= 4 is 21.6 Å². The Labute approximate surface area is 106 Å². The fourth-order valence-electron chi connectivity index (χ4n) is 1.85. The second-order valence-corrected chi connectivity index (χ2v) is 5.21. The summed E-state index contributed by atoms with van der Waals surface area (Å²) < 4.78 is 38.1. The van der Waals surface area contributed by atoms with Gasteiger partial charge >= 0.3 is 6.18 Å². The lowest BCUT2D eigenvalue weighted by molar-refractivity contribution is -0.137. The Morgan fingerprint density at radius 2 is 1.88 bits per heavy atom. The molecule has 2 rings (SSSR count). The zero-order valence-electron chi connectivity index (χ0n) is 8.89. The van der Waals surface area contributed by atoms with Crippen LogP contribution in [0.25, 0.3) is 0 Å². The Hall–Kier alpha value is -0.750. The molecule has 1 saturated carbocycles. The van der Waals surface area contributed by atoms with Gasteiger partial charge in [-0.25, -0.2) is 0 Å². The van der Waals surface area contributed by atoms with Gasteiger partial charge in [0.2, 0.25) is 0 Å². The number of halogens is 4. The number of hydrogen-bond donors (Lipinski definition) is 2. The molecule has 6 heteroatoms. The Bertz CT molecular complexity index is 414. The molecule has 1 aromatic rings. The van der Waals surface area contributed by atoms with Crippen LogP contribution in [0, 0.1) is 0 Å². The highest BCUT2D eigenvalue weighted by Gasteiger charge is 2.32. The number of nitrogens with one attached hydrogen (secondary N) is 1. The third kappa shape index (κ3) is 3.13. The molecule has 2 nitrogen and oxygen atoms in total. The van der Waals surface area contributed by atoms with Crippen LogP contribution >= 0.6 is 15.9 Å². The normalized spacial score (nSPS) is 24.3. The smallest absolute Gasteiger partial charge is 0.382 e. The van der Waals surface area contributed by atoms with E-state index in [0.29, 0.717) is 10.2 Å². The summed E-state index contributed by atoms with van der Waals surface area (Å²) in [7, 11) is 0. The highest BCUT2D eigenvalue weighted by molar-refractivity contribution is 9.10. The topological polar surface area (TPSA) is 38.0 Å². The van der Waals surface area contributed by atoms with E-state index < -0.39 is 11.7 Å². The molecule has 17 heavy (non-hydrogen) atoms. The van der Waals surface area contributed by atoms with Crippen molar-refractivity contribution in [1.82, 2.24) is 0 Å². The maximum absolute atomic E-state index is 12.6. The van der Waals surface area contributed by atoms with Crippen molar-refractivity contribution in [3.8, 4) is 0 Å². The second-order valence-electron chi connectivity index (χ2n) is 4.30. The monoisotopic (exact) mass is 308 g/mol. The first-order valence-electron chi connectivity index (χ1n) is 5.24. The molecular formula is C11H12BrF3N2. The van der Waals surface area contributed by atoms with Crippen molar-refractivity contribution in [2.24, 2.45) is 5.73 Å². The molecule has 94 valence electrons. The predicted molar refractivity (Wildman–Crippen MR) is 63.8 cm³/mol. The lowest BCUT2D eigenvalue weighted by Crippen LogP contribution is -2.44. The molecule has 0 atom stereocenters. The Balaban J connectivity index is 2.14. The molecule has 0 radical (unpaired) electrons. The summed E-state index contributed by atoms with van der Waals surface area (Å²) >= 11 is 3.08. The van der Waals surface area contributed by atoms with Crippen LogP contribution in [-0.4, -0.2) is 12.1 Å². The lowest BCUT2D eigenvalue weighted by atomic mass is 9.87. The minimum atomic E-state index is -4.32. The molecule has 0 aliphatic heterocycles. The largest absolute Gasteiger partial charge is 0.416 e. The van der Waals surface area contributed by atoms with E-state index in [1.807, 2.05) is 0 Å². The highest BCUT2D eigenvalue weighted by atomic mass is 79.9. The van der Waals surface area contributed by atoms with Crippen molar-refractivity contribution in [1.29, 1.82) is 0 Å². The summed E-state index contributed by atoms with van der Waals surface area (Å²) in [4.78, 5) is 0. The molecule has 3 N–H and O–H groups in total. The van der Waals surface area contributed by atoms with E-state index in [1.165, 1.54) is 0 Å². The van der Waals surface area contributed by atoms with Crippen LogP contribution in [0.1, 0.15) is 18.4 Å². The SMILES string of the molecule is NC1CC(Nc2cc(Br)cc(C(F)(F)F)c2)C1. The minimum absolute atomic E-state index is 0.168. The van der Waals surface area contributed by atoms with Crippen LogP contribution in [0.3, 0.4) is 0 Å². The van der Waals surface area contributed by atoms with Crippen LogP contribution < -0.4 is 11.1 Å². The molecule has 0 spiro atoms. The molecule has 1 aliphatic carbocycles. The molecule has 0 amide bonds. The summed E-state index contributed by atoms with van der Waals surface area (Å²) in [6.07, 6.45) is -2.72. The lowest BCUT2D eigenvalue weighted by Gasteiger charge is -2.34. The van der Waals surface area contributed by atoms with Gasteiger partial charge < -0.3 is 11.1 Å². The minimum Gasteiger partial charge on any atom is -0.382 e. The Kier molecular flexibility index (Phi) is 3.36. The molecule has 1 fully saturated rings. The standard InChI is InChI=1S/C11H12BrF3N2/c12-7-1-6(11(13,14)15)2-9(3-7)17-10-4-8(16)5-10/h1-3,8,10,17H,4-5,16H2. The van der Waals surface area contributed by atoms with Crippen LogP contribution in [0.4, 0.5) is 18.9 Å². The Morgan fingerprint density at radius 3 is 2.41 bits per heavy atom.